The van der Waals surface area contributed by atoms with Gasteiger partial charge in [0.2, 0.25) is 0 Å². The fourth-order valence-corrected chi connectivity index (χ4v) is 5.26. The molecule has 1 N–H and O–H groups in total. The van der Waals surface area contributed by atoms with Gasteiger partial charge in [0.15, 0.2) is 0 Å². The molecular formula is C21H28O3. The largest absolute Gasteiger partial charge is 0.396 e. The van der Waals surface area contributed by atoms with E-state index in [-0.39, 0.29) is 35.7 Å². The van der Waals surface area contributed by atoms with Crippen molar-refractivity contribution in [3.63, 3.8) is 0 Å². The maximum absolute atomic E-state index is 13.4. The molecule has 0 spiro atoms. The Hall–Kier alpha value is -1.45. The van der Waals surface area contributed by atoms with Crippen molar-refractivity contribution in [3.8, 4) is 0 Å². The minimum absolute atomic E-state index is 0.0793. The molecule has 2 aliphatic rings. The Balaban J connectivity index is 1.90. The molecular weight excluding hydrogens is 300 g/mol. The number of aliphatic hydroxyl groups is 1. The van der Waals surface area contributed by atoms with Crippen LogP contribution in [0.1, 0.15) is 32.3 Å². The number of ketones is 1. The van der Waals surface area contributed by atoms with Crippen LogP contribution in [-0.4, -0.2) is 30.7 Å². The Morgan fingerprint density at radius 3 is 2.58 bits per heavy atom. The highest BCUT2D eigenvalue weighted by Crippen LogP contribution is 2.69. The topological polar surface area (TPSA) is 46.5 Å². The Bertz CT molecular complexity index is 634. The molecule has 1 aromatic rings. The van der Waals surface area contributed by atoms with Crippen molar-refractivity contribution >= 4 is 5.78 Å². The van der Waals surface area contributed by atoms with Crippen LogP contribution in [0.4, 0.5) is 0 Å². The molecule has 0 heterocycles. The Morgan fingerprint density at radius 1 is 1.33 bits per heavy atom. The lowest BCUT2D eigenvalue weighted by molar-refractivity contribution is -0.141. The molecule has 2 fully saturated rings. The number of carbonyl (C=O) groups excluding carboxylic acids is 1. The maximum atomic E-state index is 13.4. The quantitative estimate of drug-likeness (QED) is 0.814. The number of rotatable bonds is 6. The summed E-state index contributed by atoms with van der Waals surface area (Å²) in [5.74, 6) is 0.412. The summed E-state index contributed by atoms with van der Waals surface area (Å²) in [6, 6.07) is 10.1. The van der Waals surface area contributed by atoms with E-state index in [1.807, 2.05) is 18.2 Å². The van der Waals surface area contributed by atoms with Gasteiger partial charge in [0.25, 0.3) is 0 Å². The molecule has 24 heavy (non-hydrogen) atoms. The Morgan fingerprint density at radius 2 is 2.00 bits per heavy atom. The Labute approximate surface area is 144 Å². The average molecular weight is 328 g/mol. The number of fused-ring (bicyclic) bond motifs is 2. The van der Waals surface area contributed by atoms with E-state index in [0.717, 1.165) is 12.0 Å². The molecule has 0 amide bonds. The van der Waals surface area contributed by atoms with Gasteiger partial charge in [-0.3, -0.25) is 4.79 Å². The molecule has 2 bridgehead atoms. The zero-order valence-corrected chi connectivity index (χ0v) is 14.9. The van der Waals surface area contributed by atoms with Crippen molar-refractivity contribution < 1.29 is 14.6 Å². The van der Waals surface area contributed by atoms with Gasteiger partial charge in [-0.1, -0.05) is 56.3 Å². The highest BCUT2D eigenvalue weighted by atomic mass is 16.5. The standard InChI is InChI=1S/C21H28O3/c1-14-18-16(13-22)12-21(19(18)24-4,20(14,2)3)17(23)11-10-15-8-6-5-7-9-15/h5-9,16,18-19,22H,1,10-13H2,2-4H3/t16-,18-,19+,21+/m1/s1. The van der Waals surface area contributed by atoms with Crippen molar-refractivity contribution in [3.05, 3.63) is 48.0 Å². The van der Waals surface area contributed by atoms with Gasteiger partial charge in [-0.15, -0.1) is 0 Å². The van der Waals surface area contributed by atoms with E-state index in [1.165, 1.54) is 5.56 Å². The smallest absolute Gasteiger partial charge is 0.142 e. The number of carbonyl (C=O) groups is 1. The van der Waals surface area contributed by atoms with Crippen molar-refractivity contribution in [1.29, 1.82) is 0 Å². The minimum atomic E-state index is -0.564. The van der Waals surface area contributed by atoms with Crippen molar-refractivity contribution in [2.75, 3.05) is 13.7 Å². The first kappa shape index (κ1) is 17.4. The monoisotopic (exact) mass is 328 g/mol. The number of benzene rings is 1. The molecule has 1 aromatic carbocycles. The normalized spacial score (nSPS) is 33.8. The van der Waals surface area contributed by atoms with Gasteiger partial charge in [0.1, 0.15) is 5.78 Å². The van der Waals surface area contributed by atoms with Crippen LogP contribution in [0.5, 0.6) is 0 Å². The fraction of sp³-hybridized carbons (Fsp3) is 0.571. The third kappa shape index (κ3) is 2.21. The number of hydrogen-bond donors (Lipinski definition) is 1. The van der Waals surface area contributed by atoms with Crippen LogP contribution in [0.15, 0.2) is 42.5 Å². The van der Waals surface area contributed by atoms with Gasteiger partial charge in [-0.05, 0) is 24.3 Å². The minimum Gasteiger partial charge on any atom is -0.396 e. The summed E-state index contributed by atoms with van der Waals surface area (Å²) in [5, 5.41) is 9.79. The second-order valence-electron chi connectivity index (χ2n) is 7.86. The number of aliphatic hydroxyl groups excluding tert-OH is 1. The van der Waals surface area contributed by atoms with Crippen molar-refractivity contribution in [1.82, 2.24) is 0 Å². The zero-order valence-electron chi connectivity index (χ0n) is 14.9. The summed E-state index contributed by atoms with van der Waals surface area (Å²) < 4.78 is 5.82. The third-order valence-corrected chi connectivity index (χ3v) is 6.69. The predicted octanol–water partition coefficient (Wildman–Crippen LogP) is 3.41. The van der Waals surface area contributed by atoms with E-state index in [0.29, 0.717) is 12.8 Å². The van der Waals surface area contributed by atoms with Crippen molar-refractivity contribution in [2.45, 2.75) is 39.2 Å². The molecule has 3 rings (SSSR count). The number of aryl methyl sites for hydroxylation is 1. The second-order valence-corrected chi connectivity index (χ2v) is 7.86. The maximum Gasteiger partial charge on any atom is 0.142 e. The number of ether oxygens (including phenoxy) is 1. The van der Waals surface area contributed by atoms with Gasteiger partial charge in [0.05, 0.1) is 11.5 Å². The average Bonchev–Trinajstić information content (AvgIpc) is 3.02. The Kier molecular flexibility index (Phi) is 4.43. The van der Waals surface area contributed by atoms with E-state index >= 15 is 0 Å². The first-order valence-corrected chi connectivity index (χ1v) is 8.80. The summed E-state index contributed by atoms with van der Waals surface area (Å²) in [5.41, 5.74) is 1.38. The molecule has 3 nitrogen and oxygen atoms in total. The predicted molar refractivity (Wildman–Crippen MR) is 94.6 cm³/mol. The van der Waals surface area contributed by atoms with Crippen LogP contribution in [0, 0.1) is 22.7 Å². The second kappa shape index (κ2) is 6.12. The summed E-state index contributed by atoms with van der Waals surface area (Å²) in [6.45, 7) is 8.62. The highest BCUT2D eigenvalue weighted by molar-refractivity contribution is 5.89. The molecule has 0 saturated heterocycles. The first-order valence-electron chi connectivity index (χ1n) is 8.80. The lowest BCUT2D eigenvalue weighted by Gasteiger charge is -2.44. The van der Waals surface area contributed by atoms with Crippen LogP contribution in [-0.2, 0) is 16.0 Å². The molecule has 2 aliphatic carbocycles. The third-order valence-electron chi connectivity index (χ3n) is 6.69. The molecule has 3 heteroatoms. The molecule has 130 valence electrons. The van der Waals surface area contributed by atoms with Gasteiger partial charge in [-0.2, -0.15) is 0 Å². The molecule has 4 atom stereocenters. The summed E-state index contributed by atoms with van der Waals surface area (Å²) in [4.78, 5) is 13.4. The molecule has 2 saturated carbocycles. The highest BCUT2D eigenvalue weighted by Gasteiger charge is 2.71. The number of Topliss-reactive ketones (excluding diaryl/α,β-unsaturated/α-hetero) is 1. The van der Waals surface area contributed by atoms with Crippen LogP contribution >= 0.6 is 0 Å². The summed E-state index contributed by atoms with van der Waals surface area (Å²) >= 11 is 0. The lowest BCUT2D eigenvalue weighted by atomic mass is 9.58. The van der Waals surface area contributed by atoms with Crippen LogP contribution < -0.4 is 0 Å². The van der Waals surface area contributed by atoms with E-state index < -0.39 is 5.41 Å². The zero-order chi connectivity index (χ0) is 17.5. The molecule has 0 unspecified atom stereocenters. The van der Waals surface area contributed by atoms with E-state index in [9.17, 15) is 9.90 Å². The lowest BCUT2D eigenvalue weighted by Crippen LogP contribution is -2.47. The molecule has 0 radical (unpaired) electrons. The summed E-state index contributed by atoms with van der Waals surface area (Å²) in [6.07, 6.45) is 1.78. The van der Waals surface area contributed by atoms with E-state index in [2.05, 4.69) is 32.6 Å². The SMILES string of the molecule is C=C1[C@@H]2[C@@H](CO)C[C@](C(=O)CCc3ccccc3)([C@H]2OC)C1(C)C. The van der Waals surface area contributed by atoms with Crippen LogP contribution in [0.25, 0.3) is 0 Å². The van der Waals surface area contributed by atoms with Gasteiger partial charge in [0, 0.05) is 31.5 Å². The van der Waals surface area contributed by atoms with Crippen LogP contribution in [0.3, 0.4) is 0 Å². The van der Waals surface area contributed by atoms with Gasteiger partial charge in [-0.25, -0.2) is 0 Å². The van der Waals surface area contributed by atoms with Crippen LogP contribution in [0.2, 0.25) is 0 Å². The fourth-order valence-electron chi connectivity index (χ4n) is 5.26. The number of hydrogen-bond acceptors (Lipinski definition) is 3. The number of methoxy groups -OCH3 is 1. The van der Waals surface area contributed by atoms with E-state index in [4.69, 9.17) is 4.74 Å². The van der Waals surface area contributed by atoms with Crippen molar-refractivity contribution in [2.24, 2.45) is 22.7 Å². The molecule has 0 aliphatic heterocycles. The molecule has 0 aromatic heterocycles. The summed E-state index contributed by atoms with van der Waals surface area (Å²) in [7, 11) is 1.69. The first-order chi connectivity index (χ1) is 11.4. The van der Waals surface area contributed by atoms with E-state index in [1.54, 1.807) is 7.11 Å². The van der Waals surface area contributed by atoms with Gasteiger partial charge < -0.3 is 9.84 Å². The van der Waals surface area contributed by atoms with Gasteiger partial charge >= 0.3 is 0 Å².